The molecular formula is C17H22N4O2S. The van der Waals surface area contributed by atoms with Crippen LogP contribution in [0.1, 0.15) is 12.5 Å². The first-order valence-electron chi connectivity index (χ1n) is 8.38. The van der Waals surface area contributed by atoms with Crippen molar-refractivity contribution in [3.8, 4) is 0 Å². The Hall–Kier alpha value is -1.70. The summed E-state index contributed by atoms with van der Waals surface area (Å²) >= 11 is 0. The molecule has 0 bridgehead atoms. The molecule has 0 radical (unpaired) electrons. The largest absolute Gasteiger partial charge is 0.298 e. The van der Waals surface area contributed by atoms with Gasteiger partial charge in [-0.05, 0) is 24.3 Å². The number of hydrogen-bond donors (Lipinski definition) is 1. The Kier molecular flexibility index (Phi) is 3.94. The van der Waals surface area contributed by atoms with Crippen LogP contribution in [0, 0.1) is 11.8 Å². The van der Waals surface area contributed by atoms with Gasteiger partial charge in [0.1, 0.15) is 4.90 Å². The summed E-state index contributed by atoms with van der Waals surface area (Å²) in [5.41, 5.74) is 1.31. The Balaban J connectivity index is 1.33. The molecule has 2 aromatic rings. The quantitative estimate of drug-likeness (QED) is 0.856. The molecule has 2 heterocycles. The van der Waals surface area contributed by atoms with Crippen molar-refractivity contribution in [1.29, 1.82) is 0 Å². The zero-order chi connectivity index (χ0) is 16.7. The molecule has 128 valence electrons. The van der Waals surface area contributed by atoms with Gasteiger partial charge in [0.15, 0.2) is 0 Å². The standard InChI is InChI=1S/C17H22N4O2S/c1-2-21-10-14(8-18-21)24(22,23)19-17-15-11-20(12-16(15)17)9-13-6-4-3-5-7-13/h3-8,10,15-17,19H,2,9,11-12H2,1H3. The average molecular weight is 346 g/mol. The maximum Gasteiger partial charge on any atom is 0.243 e. The first-order valence-corrected chi connectivity index (χ1v) is 9.86. The summed E-state index contributed by atoms with van der Waals surface area (Å²) in [6.45, 7) is 5.46. The number of nitrogens with one attached hydrogen (secondary N) is 1. The molecule has 1 saturated carbocycles. The Morgan fingerprint density at radius 3 is 2.54 bits per heavy atom. The lowest BCUT2D eigenvalue weighted by Crippen LogP contribution is -2.34. The van der Waals surface area contributed by atoms with Crippen LogP contribution in [0.15, 0.2) is 47.6 Å². The van der Waals surface area contributed by atoms with E-state index in [1.807, 2.05) is 13.0 Å². The molecule has 6 nitrogen and oxygen atoms in total. The summed E-state index contributed by atoms with van der Waals surface area (Å²) in [6, 6.07) is 10.5. The fourth-order valence-corrected chi connectivity index (χ4v) is 4.95. The third-order valence-corrected chi connectivity index (χ3v) is 6.47. The number of aryl methyl sites for hydroxylation is 1. The third kappa shape index (κ3) is 2.99. The topological polar surface area (TPSA) is 67.2 Å². The molecule has 1 aliphatic heterocycles. The highest BCUT2D eigenvalue weighted by Crippen LogP contribution is 2.46. The highest BCUT2D eigenvalue weighted by atomic mass is 32.2. The first kappa shape index (κ1) is 15.8. The van der Waals surface area contributed by atoms with Gasteiger partial charge in [0.25, 0.3) is 0 Å². The molecule has 7 heteroatoms. The molecule has 1 saturated heterocycles. The van der Waals surface area contributed by atoms with E-state index in [9.17, 15) is 8.42 Å². The fraction of sp³-hybridized carbons (Fsp3) is 0.471. The monoisotopic (exact) mass is 346 g/mol. The van der Waals surface area contributed by atoms with E-state index in [4.69, 9.17) is 0 Å². The zero-order valence-electron chi connectivity index (χ0n) is 13.7. The lowest BCUT2D eigenvalue weighted by Gasteiger charge is -2.19. The van der Waals surface area contributed by atoms with Crippen LogP contribution < -0.4 is 4.72 Å². The van der Waals surface area contributed by atoms with E-state index in [1.54, 1.807) is 10.9 Å². The van der Waals surface area contributed by atoms with Crippen LogP contribution >= 0.6 is 0 Å². The highest BCUT2D eigenvalue weighted by molar-refractivity contribution is 7.89. The van der Waals surface area contributed by atoms with Gasteiger partial charge in [-0.15, -0.1) is 0 Å². The molecule has 2 unspecified atom stereocenters. The van der Waals surface area contributed by atoms with Crippen LogP contribution in [-0.2, 0) is 23.1 Å². The van der Waals surface area contributed by atoms with Gasteiger partial charge in [-0.25, -0.2) is 13.1 Å². The second-order valence-corrected chi connectivity index (χ2v) is 8.40. The van der Waals surface area contributed by atoms with Gasteiger partial charge in [-0.3, -0.25) is 9.58 Å². The van der Waals surface area contributed by atoms with Crippen molar-refractivity contribution < 1.29 is 8.42 Å². The van der Waals surface area contributed by atoms with Gasteiger partial charge in [-0.1, -0.05) is 30.3 Å². The predicted octanol–water partition coefficient (Wildman–Crippen LogP) is 1.31. The second kappa shape index (κ2) is 5.98. The summed E-state index contributed by atoms with van der Waals surface area (Å²) in [5, 5.41) is 4.05. The van der Waals surface area contributed by atoms with Crippen LogP contribution in [0.5, 0.6) is 0 Å². The van der Waals surface area contributed by atoms with Crippen LogP contribution in [-0.4, -0.2) is 42.2 Å². The van der Waals surface area contributed by atoms with E-state index in [2.05, 4.69) is 39.0 Å². The minimum atomic E-state index is -3.46. The van der Waals surface area contributed by atoms with Crippen molar-refractivity contribution >= 4 is 10.0 Å². The van der Waals surface area contributed by atoms with E-state index >= 15 is 0 Å². The molecule has 4 rings (SSSR count). The Bertz CT molecular complexity index is 806. The van der Waals surface area contributed by atoms with Crippen LogP contribution in [0.25, 0.3) is 0 Å². The van der Waals surface area contributed by atoms with Gasteiger partial charge in [0.2, 0.25) is 10.0 Å². The van der Waals surface area contributed by atoms with Crippen LogP contribution in [0.3, 0.4) is 0 Å². The lowest BCUT2D eigenvalue weighted by atomic mass is 10.2. The fourth-order valence-electron chi connectivity index (χ4n) is 3.66. The van der Waals surface area contributed by atoms with E-state index in [0.717, 1.165) is 19.6 Å². The molecule has 1 aliphatic carbocycles. The molecule has 24 heavy (non-hydrogen) atoms. The van der Waals surface area contributed by atoms with E-state index in [-0.39, 0.29) is 10.9 Å². The smallest absolute Gasteiger partial charge is 0.243 e. The summed E-state index contributed by atoms with van der Waals surface area (Å²) in [4.78, 5) is 2.67. The van der Waals surface area contributed by atoms with Gasteiger partial charge < -0.3 is 0 Å². The molecule has 1 N–H and O–H groups in total. The Labute approximate surface area is 142 Å². The lowest BCUT2D eigenvalue weighted by molar-refractivity contribution is 0.287. The van der Waals surface area contributed by atoms with Crippen molar-refractivity contribution in [2.45, 2.75) is 31.0 Å². The number of sulfonamides is 1. The number of aromatic nitrogens is 2. The van der Waals surface area contributed by atoms with Gasteiger partial charge in [0, 0.05) is 38.4 Å². The molecule has 1 aromatic heterocycles. The number of hydrogen-bond acceptors (Lipinski definition) is 4. The Morgan fingerprint density at radius 2 is 1.92 bits per heavy atom. The van der Waals surface area contributed by atoms with Crippen LogP contribution in [0.4, 0.5) is 0 Å². The average Bonchev–Trinajstić information content (AvgIpc) is 3.01. The summed E-state index contributed by atoms with van der Waals surface area (Å²) < 4.78 is 29.4. The Morgan fingerprint density at radius 1 is 1.21 bits per heavy atom. The van der Waals surface area contributed by atoms with Crippen molar-refractivity contribution in [3.05, 3.63) is 48.3 Å². The van der Waals surface area contributed by atoms with Crippen molar-refractivity contribution in [2.24, 2.45) is 11.8 Å². The molecule has 0 amide bonds. The molecule has 2 fully saturated rings. The zero-order valence-corrected chi connectivity index (χ0v) is 14.5. The van der Waals surface area contributed by atoms with E-state index < -0.39 is 10.0 Å². The highest BCUT2D eigenvalue weighted by Gasteiger charge is 2.57. The van der Waals surface area contributed by atoms with E-state index in [1.165, 1.54) is 11.8 Å². The number of rotatable bonds is 6. The molecule has 1 aromatic carbocycles. The summed E-state index contributed by atoms with van der Waals surface area (Å²) in [5.74, 6) is 0.870. The molecular weight excluding hydrogens is 324 g/mol. The maximum absolute atomic E-state index is 12.4. The third-order valence-electron chi connectivity index (χ3n) is 5.05. The maximum atomic E-state index is 12.4. The van der Waals surface area contributed by atoms with Crippen molar-refractivity contribution in [2.75, 3.05) is 13.1 Å². The second-order valence-electron chi connectivity index (χ2n) is 6.69. The van der Waals surface area contributed by atoms with Gasteiger partial charge in [-0.2, -0.15) is 5.10 Å². The molecule has 2 atom stereocenters. The first-order chi connectivity index (χ1) is 11.6. The number of likely N-dealkylation sites (tertiary alicyclic amines) is 1. The predicted molar refractivity (Wildman–Crippen MR) is 90.7 cm³/mol. The SMILES string of the molecule is CCn1cc(S(=O)(=O)NC2C3CN(Cc4ccccc4)CC32)cn1. The van der Waals surface area contributed by atoms with Gasteiger partial charge >= 0.3 is 0 Å². The van der Waals surface area contributed by atoms with Crippen molar-refractivity contribution in [3.63, 3.8) is 0 Å². The normalized spacial score (nSPS) is 26.5. The summed E-state index contributed by atoms with van der Waals surface area (Å²) in [6.07, 6.45) is 3.01. The minimum absolute atomic E-state index is 0.0759. The van der Waals surface area contributed by atoms with Crippen molar-refractivity contribution in [1.82, 2.24) is 19.4 Å². The molecule has 2 aliphatic rings. The number of piperidine rings is 1. The van der Waals surface area contributed by atoms with E-state index in [0.29, 0.717) is 18.4 Å². The molecule has 0 spiro atoms. The minimum Gasteiger partial charge on any atom is -0.298 e. The number of benzene rings is 1. The number of nitrogens with zero attached hydrogens (tertiary/aromatic N) is 3. The van der Waals surface area contributed by atoms with Gasteiger partial charge in [0.05, 0.1) is 6.20 Å². The summed E-state index contributed by atoms with van der Waals surface area (Å²) in [7, 11) is -3.46. The van der Waals surface area contributed by atoms with Crippen LogP contribution in [0.2, 0.25) is 0 Å². The number of fused-ring (bicyclic) bond motifs is 1.